The van der Waals surface area contributed by atoms with Crippen molar-refractivity contribution in [1.29, 1.82) is 0 Å². The lowest BCUT2D eigenvalue weighted by molar-refractivity contribution is -0.116. The number of carbonyl (C=O) groups excluding carboxylic acids is 1. The summed E-state index contributed by atoms with van der Waals surface area (Å²) in [7, 11) is -0.353. The lowest BCUT2D eigenvalue weighted by Crippen LogP contribution is -2.35. The van der Waals surface area contributed by atoms with E-state index < -0.39 is 10.0 Å². The van der Waals surface area contributed by atoms with Crippen molar-refractivity contribution in [1.82, 2.24) is 14.1 Å². The van der Waals surface area contributed by atoms with Crippen LogP contribution in [-0.4, -0.2) is 48.6 Å². The second kappa shape index (κ2) is 9.18. The Morgan fingerprint density at radius 1 is 1.20 bits per heavy atom. The number of aryl methyl sites for hydroxylation is 2. The minimum atomic E-state index is -3.68. The highest BCUT2D eigenvalue weighted by Gasteiger charge is 2.29. The molecule has 1 amide bonds. The summed E-state index contributed by atoms with van der Waals surface area (Å²) in [5, 5.41) is 7.19. The molecule has 0 saturated carbocycles. The highest BCUT2D eigenvalue weighted by atomic mass is 32.2. The van der Waals surface area contributed by atoms with Gasteiger partial charge in [-0.25, -0.2) is 8.42 Å². The number of carbonyl (C=O) groups is 1. The van der Waals surface area contributed by atoms with Crippen LogP contribution in [0, 0.1) is 13.8 Å². The van der Waals surface area contributed by atoms with E-state index in [2.05, 4.69) is 10.4 Å². The van der Waals surface area contributed by atoms with Crippen LogP contribution in [0.2, 0.25) is 0 Å². The number of hydrogen-bond donors (Lipinski definition) is 1. The van der Waals surface area contributed by atoms with Crippen molar-refractivity contribution in [2.75, 3.05) is 25.5 Å². The van der Waals surface area contributed by atoms with Crippen LogP contribution in [0.4, 0.5) is 5.69 Å². The maximum absolute atomic E-state index is 13.1. The number of amides is 1. The van der Waals surface area contributed by atoms with Gasteiger partial charge in [-0.1, -0.05) is 6.42 Å². The standard InChI is InChI=1S/C21H30N4O4S/c1-15-18(16(2)24(3)23-15)9-11-21(26)22-17-8-10-19(29-4)20(14-17)30(27,28)25-12-6-5-7-13-25/h8,10,14H,5-7,9,11-13H2,1-4H3,(H,22,26). The van der Waals surface area contributed by atoms with Crippen LogP contribution in [-0.2, 0) is 28.3 Å². The predicted molar refractivity (Wildman–Crippen MR) is 115 cm³/mol. The summed E-state index contributed by atoms with van der Waals surface area (Å²) in [6.45, 7) is 4.92. The lowest BCUT2D eigenvalue weighted by atomic mass is 10.1. The van der Waals surface area contributed by atoms with E-state index in [4.69, 9.17) is 4.74 Å². The van der Waals surface area contributed by atoms with Gasteiger partial charge in [0.1, 0.15) is 10.6 Å². The maximum atomic E-state index is 13.1. The third-order valence-electron chi connectivity index (χ3n) is 5.64. The maximum Gasteiger partial charge on any atom is 0.246 e. The number of methoxy groups -OCH3 is 1. The van der Waals surface area contributed by atoms with Gasteiger partial charge < -0.3 is 10.1 Å². The first kappa shape index (κ1) is 22.3. The number of piperidine rings is 1. The summed E-state index contributed by atoms with van der Waals surface area (Å²) in [5.41, 5.74) is 3.47. The van der Waals surface area contributed by atoms with Crippen molar-refractivity contribution in [3.05, 3.63) is 35.2 Å². The molecule has 1 N–H and O–H groups in total. The van der Waals surface area contributed by atoms with Crippen LogP contribution in [0.5, 0.6) is 5.75 Å². The zero-order valence-electron chi connectivity index (χ0n) is 18.1. The lowest BCUT2D eigenvalue weighted by Gasteiger charge is -2.26. The van der Waals surface area contributed by atoms with Gasteiger partial charge in [0.2, 0.25) is 15.9 Å². The number of rotatable bonds is 7. The molecular weight excluding hydrogens is 404 g/mol. The van der Waals surface area contributed by atoms with Crippen LogP contribution in [0.25, 0.3) is 0 Å². The third-order valence-corrected chi connectivity index (χ3v) is 7.56. The van der Waals surface area contributed by atoms with E-state index in [0.29, 0.717) is 25.2 Å². The Morgan fingerprint density at radius 2 is 1.90 bits per heavy atom. The molecule has 0 aliphatic carbocycles. The Morgan fingerprint density at radius 3 is 2.50 bits per heavy atom. The van der Waals surface area contributed by atoms with Gasteiger partial charge >= 0.3 is 0 Å². The minimum absolute atomic E-state index is 0.0867. The van der Waals surface area contributed by atoms with E-state index in [1.54, 1.807) is 12.1 Å². The summed E-state index contributed by atoms with van der Waals surface area (Å²) in [6, 6.07) is 4.73. The Hall–Kier alpha value is -2.39. The van der Waals surface area contributed by atoms with E-state index in [-0.39, 0.29) is 23.0 Å². The molecule has 1 aromatic carbocycles. The number of nitrogens with zero attached hydrogens (tertiary/aromatic N) is 3. The number of nitrogens with one attached hydrogen (secondary N) is 1. The van der Waals surface area contributed by atoms with Crippen molar-refractivity contribution in [2.45, 2.75) is 50.8 Å². The molecule has 1 aliphatic heterocycles. The van der Waals surface area contributed by atoms with Gasteiger partial charge in [-0.15, -0.1) is 0 Å². The van der Waals surface area contributed by atoms with Crippen LogP contribution >= 0.6 is 0 Å². The molecule has 164 valence electrons. The molecule has 0 unspecified atom stereocenters. The molecule has 1 fully saturated rings. The SMILES string of the molecule is COc1ccc(NC(=O)CCc2c(C)nn(C)c2C)cc1S(=O)(=O)N1CCCCC1. The van der Waals surface area contributed by atoms with Crippen molar-refractivity contribution in [3.63, 3.8) is 0 Å². The van der Waals surface area contributed by atoms with Crippen molar-refractivity contribution < 1.29 is 17.9 Å². The van der Waals surface area contributed by atoms with E-state index in [1.165, 1.54) is 17.5 Å². The number of anilines is 1. The first-order valence-corrected chi connectivity index (χ1v) is 11.6. The molecule has 1 saturated heterocycles. The van der Waals surface area contributed by atoms with Gasteiger partial charge in [-0.05, 0) is 56.9 Å². The van der Waals surface area contributed by atoms with Gasteiger partial charge in [0.15, 0.2) is 0 Å². The smallest absolute Gasteiger partial charge is 0.246 e. The second-order valence-electron chi connectivity index (χ2n) is 7.65. The second-order valence-corrected chi connectivity index (χ2v) is 9.56. The average Bonchev–Trinajstić information content (AvgIpc) is 2.98. The normalized spacial score (nSPS) is 15.2. The first-order valence-electron chi connectivity index (χ1n) is 10.2. The van der Waals surface area contributed by atoms with Crippen LogP contribution in [0.1, 0.15) is 42.6 Å². The van der Waals surface area contributed by atoms with Gasteiger partial charge in [0.25, 0.3) is 0 Å². The fourth-order valence-corrected chi connectivity index (χ4v) is 5.54. The van der Waals surface area contributed by atoms with Crippen LogP contribution in [0.3, 0.4) is 0 Å². The van der Waals surface area contributed by atoms with Gasteiger partial charge in [0.05, 0.1) is 12.8 Å². The molecular formula is C21H30N4O4S. The van der Waals surface area contributed by atoms with E-state index in [0.717, 1.165) is 36.2 Å². The monoisotopic (exact) mass is 434 g/mol. The van der Waals surface area contributed by atoms with Crippen LogP contribution < -0.4 is 10.1 Å². The van der Waals surface area contributed by atoms with Crippen molar-refractivity contribution in [3.8, 4) is 5.75 Å². The van der Waals surface area contributed by atoms with Crippen molar-refractivity contribution >= 4 is 21.6 Å². The molecule has 8 nitrogen and oxygen atoms in total. The molecule has 1 aromatic heterocycles. The molecule has 0 spiro atoms. The molecule has 1 aliphatic rings. The number of sulfonamides is 1. The Balaban J connectivity index is 1.75. The fraction of sp³-hybridized carbons (Fsp3) is 0.524. The molecule has 9 heteroatoms. The summed E-state index contributed by atoms with van der Waals surface area (Å²) in [6.07, 6.45) is 3.60. The third kappa shape index (κ3) is 4.67. The van der Waals surface area contributed by atoms with E-state index in [9.17, 15) is 13.2 Å². The zero-order chi connectivity index (χ0) is 21.9. The Bertz CT molecular complexity index is 1020. The summed E-state index contributed by atoms with van der Waals surface area (Å²) in [4.78, 5) is 12.6. The number of hydrogen-bond acceptors (Lipinski definition) is 5. The molecule has 0 radical (unpaired) electrons. The summed E-state index contributed by atoms with van der Waals surface area (Å²) < 4.78 is 34.8. The first-order chi connectivity index (χ1) is 14.2. The molecule has 2 heterocycles. The quantitative estimate of drug-likeness (QED) is 0.723. The summed E-state index contributed by atoms with van der Waals surface area (Å²) in [5.74, 6) is 0.101. The van der Waals surface area contributed by atoms with Gasteiger partial charge in [-0.3, -0.25) is 9.48 Å². The number of ether oxygens (including phenoxy) is 1. The Kier molecular flexibility index (Phi) is 6.82. The highest BCUT2D eigenvalue weighted by Crippen LogP contribution is 2.31. The zero-order valence-corrected chi connectivity index (χ0v) is 18.9. The number of benzene rings is 1. The summed E-state index contributed by atoms with van der Waals surface area (Å²) >= 11 is 0. The van der Waals surface area contributed by atoms with E-state index in [1.807, 2.05) is 25.6 Å². The largest absolute Gasteiger partial charge is 0.495 e. The minimum Gasteiger partial charge on any atom is -0.495 e. The molecule has 2 aromatic rings. The topological polar surface area (TPSA) is 93.5 Å². The highest BCUT2D eigenvalue weighted by molar-refractivity contribution is 7.89. The molecule has 3 rings (SSSR count). The van der Waals surface area contributed by atoms with Gasteiger partial charge in [0, 0.05) is 37.9 Å². The number of aromatic nitrogens is 2. The predicted octanol–water partition coefficient (Wildman–Crippen LogP) is 2.79. The average molecular weight is 435 g/mol. The molecule has 30 heavy (non-hydrogen) atoms. The molecule has 0 atom stereocenters. The Labute approximate surface area is 178 Å². The van der Waals surface area contributed by atoms with E-state index >= 15 is 0 Å². The van der Waals surface area contributed by atoms with Crippen LogP contribution in [0.15, 0.2) is 23.1 Å². The van der Waals surface area contributed by atoms with Crippen molar-refractivity contribution in [2.24, 2.45) is 7.05 Å². The van der Waals surface area contributed by atoms with Gasteiger partial charge in [-0.2, -0.15) is 9.40 Å². The molecule has 0 bridgehead atoms. The fourth-order valence-electron chi connectivity index (χ4n) is 3.84.